The van der Waals surface area contributed by atoms with Crippen molar-refractivity contribution in [2.75, 3.05) is 13.1 Å². The Morgan fingerprint density at radius 2 is 2.10 bits per heavy atom. The van der Waals surface area contributed by atoms with Crippen LogP contribution >= 0.6 is 11.6 Å². The Balaban J connectivity index is 2.32. The molecular weight excluding hydrogens is 300 g/mol. The average Bonchev–Trinajstić information content (AvgIpc) is 3.18. The van der Waals surface area contributed by atoms with Crippen LogP contribution in [0.4, 0.5) is 0 Å². The van der Waals surface area contributed by atoms with Crippen molar-refractivity contribution in [1.29, 1.82) is 0 Å². The highest BCUT2D eigenvalue weighted by atomic mass is 35.5. The van der Waals surface area contributed by atoms with Gasteiger partial charge in [0.25, 0.3) is 5.91 Å². The maximum Gasteiger partial charge on any atom is 0.255 e. The first-order chi connectivity index (χ1) is 9.32. The summed E-state index contributed by atoms with van der Waals surface area (Å²) in [5.41, 5.74) is 0.181. The van der Waals surface area contributed by atoms with Gasteiger partial charge in [0.05, 0.1) is 15.5 Å². The van der Waals surface area contributed by atoms with Gasteiger partial charge in [-0.15, -0.1) is 0 Å². The van der Waals surface area contributed by atoms with Gasteiger partial charge in [-0.05, 0) is 43.9 Å². The highest BCUT2D eigenvalue weighted by Crippen LogP contribution is 2.30. The lowest BCUT2D eigenvalue weighted by molar-refractivity contribution is 0.0757. The molecule has 0 radical (unpaired) electrons. The molecule has 2 N–H and O–H groups in total. The van der Waals surface area contributed by atoms with Crippen LogP contribution in [-0.2, 0) is 10.0 Å². The number of nitrogens with two attached hydrogens (primary N) is 1. The summed E-state index contributed by atoms with van der Waals surface area (Å²) >= 11 is 6.01. The summed E-state index contributed by atoms with van der Waals surface area (Å²) < 4.78 is 22.7. The first-order valence-corrected chi connectivity index (χ1v) is 8.37. The zero-order valence-electron chi connectivity index (χ0n) is 11.2. The van der Waals surface area contributed by atoms with Crippen LogP contribution in [0.3, 0.4) is 0 Å². The molecule has 0 aliphatic heterocycles. The minimum absolute atomic E-state index is 0.104. The number of hydrogen-bond donors (Lipinski definition) is 1. The van der Waals surface area contributed by atoms with Crippen molar-refractivity contribution >= 4 is 27.5 Å². The van der Waals surface area contributed by atoms with Crippen molar-refractivity contribution in [1.82, 2.24) is 4.90 Å². The second kappa shape index (κ2) is 5.71. The molecule has 1 amide bonds. The number of rotatable bonds is 5. The molecule has 1 aliphatic rings. The summed E-state index contributed by atoms with van der Waals surface area (Å²) in [6.45, 7) is 3.13. The zero-order valence-corrected chi connectivity index (χ0v) is 12.7. The quantitative estimate of drug-likeness (QED) is 0.900. The predicted octanol–water partition coefficient (Wildman–Crippen LogP) is 1.86. The molecule has 0 heterocycles. The van der Waals surface area contributed by atoms with Gasteiger partial charge < -0.3 is 4.90 Å². The van der Waals surface area contributed by atoms with Crippen LogP contribution in [0.2, 0.25) is 5.02 Å². The number of carbonyl (C=O) groups excluding carboxylic acids is 1. The lowest BCUT2D eigenvalue weighted by atomic mass is 10.2. The van der Waals surface area contributed by atoms with Crippen LogP contribution in [0.5, 0.6) is 0 Å². The molecule has 0 saturated heterocycles. The van der Waals surface area contributed by atoms with E-state index in [1.54, 1.807) is 4.90 Å². The first kappa shape index (κ1) is 15.3. The van der Waals surface area contributed by atoms with Gasteiger partial charge in [0, 0.05) is 13.1 Å². The number of primary sulfonamides is 1. The molecule has 0 unspecified atom stereocenters. The Kier molecular flexibility index (Phi) is 4.36. The number of sulfonamides is 1. The lowest BCUT2D eigenvalue weighted by Gasteiger charge is -2.21. The molecule has 1 aromatic rings. The highest BCUT2D eigenvalue weighted by Gasteiger charge is 2.27. The SMILES string of the molecule is CCN(CC1CC1)C(=O)c1cc(S(N)(=O)=O)ccc1Cl. The summed E-state index contributed by atoms with van der Waals surface area (Å²) in [6, 6.07) is 3.93. The van der Waals surface area contributed by atoms with Crippen molar-refractivity contribution in [3.8, 4) is 0 Å². The molecule has 1 aliphatic carbocycles. The molecule has 0 aromatic heterocycles. The van der Waals surface area contributed by atoms with E-state index < -0.39 is 10.0 Å². The molecule has 0 atom stereocenters. The van der Waals surface area contributed by atoms with E-state index in [0.717, 1.165) is 12.8 Å². The molecule has 110 valence electrons. The monoisotopic (exact) mass is 316 g/mol. The number of halogens is 1. The van der Waals surface area contributed by atoms with Crippen molar-refractivity contribution in [2.24, 2.45) is 11.1 Å². The molecule has 1 aromatic carbocycles. The minimum atomic E-state index is -3.85. The Labute approximate surface area is 123 Å². The van der Waals surface area contributed by atoms with Crippen molar-refractivity contribution < 1.29 is 13.2 Å². The van der Waals surface area contributed by atoms with Crippen LogP contribution in [-0.4, -0.2) is 32.3 Å². The van der Waals surface area contributed by atoms with Crippen molar-refractivity contribution in [3.05, 3.63) is 28.8 Å². The first-order valence-electron chi connectivity index (χ1n) is 6.44. The summed E-state index contributed by atoms with van der Waals surface area (Å²) in [7, 11) is -3.85. The van der Waals surface area contributed by atoms with Gasteiger partial charge in [0.2, 0.25) is 10.0 Å². The Bertz CT molecular complexity index is 627. The van der Waals surface area contributed by atoms with Gasteiger partial charge in [-0.3, -0.25) is 4.79 Å². The Hall–Kier alpha value is -1.11. The third-order valence-corrected chi connectivity index (χ3v) is 4.58. The van der Waals surface area contributed by atoms with Crippen molar-refractivity contribution in [3.63, 3.8) is 0 Å². The van der Waals surface area contributed by atoms with Crippen molar-refractivity contribution in [2.45, 2.75) is 24.7 Å². The number of carbonyl (C=O) groups is 1. The molecular formula is C13H17ClN2O3S. The summed E-state index contributed by atoms with van der Waals surface area (Å²) in [5.74, 6) is 0.300. The van der Waals surface area contributed by atoms with E-state index in [1.807, 2.05) is 6.92 Å². The third-order valence-electron chi connectivity index (χ3n) is 3.34. The maximum atomic E-state index is 12.4. The second-order valence-corrected chi connectivity index (χ2v) is 6.94. The number of benzene rings is 1. The fourth-order valence-corrected chi connectivity index (χ4v) is 2.72. The molecule has 5 nitrogen and oxygen atoms in total. The van der Waals surface area contributed by atoms with E-state index in [1.165, 1.54) is 18.2 Å². The zero-order chi connectivity index (χ0) is 14.9. The van der Waals surface area contributed by atoms with Crippen LogP contribution < -0.4 is 5.14 Å². The van der Waals surface area contributed by atoms with Crippen LogP contribution in [0.15, 0.2) is 23.1 Å². The lowest BCUT2D eigenvalue weighted by Crippen LogP contribution is -2.33. The van der Waals surface area contributed by atoms with Crippen LogP contribution in [0.25, 0.3) is 0 Å². The molecule has 1 saturated carbocycles. The van der Waals surface area contributed by atoms with E-state index in [2.05, 4.69) is 0 Å². The predicted molar refractivity (Wildman–Crippen MR) is 77.1 cm³/mol. The molecule has 1 fully saturated rings. The minimum Gasteiger partial charge on any atom is -0.339 e. The van der Waals surface area contributed by atoms with Crippen LogP contribution in [0, 0.1) is 5.92 Å². The average molecular weight is 317 g/mol. The van der Waals surface area contributed by atoms with E-state index in [0.29, 0.717) is 19.0 Å². The fraction of sp³-hybridized carbons (Fsp3) is 0.462. The van der Waals surface area contributed by atoms with E-state index >= 15 is 0 Å². The standard InChI is InChI=1S/C13H17ClN2O3S/c1-2-16(8-9-3-4-9)13(17)11-7-10(20(15,18)19)5-6-12(11)14/h5-7,9H,2-4,8H2,1H3,(H2,15,18,19). The topological polar surface area (TPSA) is 80.5 Å². The molecule has 2 rings (SSSR count). The van der Waals surface area contributed by atoms with E-state index in [9.17, 15) is 13.2 Å². The largest absolute Gasteiger partial charge is 0.339 e. The Morgan fingerprint density at radius 1 is 1.45 bits per heavy atom. The van der Waals surface area contributed by atoms with Gasteiger partial charge in [0.1, 0.15) is 0 Å². The number of amides is 1. The van der Waals surface area contributed by atoms with Crippen LogP contribution in [0.1, 0.15) is 30.1 Å². The normalized spacial score (nSPS) is 15.2. The summed E-state index contributed by atoms with van der Waals surface area (Å²) in [5, 5.41) is 5.31. The van der Waals surface area contributed by atoms with Gasteiger partial charge in [-0.25, -0.2) is 13.6 Å². The molecule has 0 spiro atoms. The van der Waals surface area contributed by atoms with Gasteiger partial charge in [-0.1, -0.05) is 11.6 Å². The maximum absolute atomic E-state index is 12.4. The fourth-order valence-electron chi connectivity index (χ4n) is 1.98. The highest BCUT2D eigenvalue weighted by molar-refractivity contribution is 7.89. The molecule has 7 heteroatoms. The van der Waals surface area contributed by atoms with Gasteiger partial charge >= 0.3 is 0 Å². The molecule has 0 bridgehead atoms. The number of nitrogens with zero attached hydrogens (tertiary/aromatic N) is 1. The Morgan fingerprint density at radius 3 is 2.60 bits per heavy atom. The summed E-state index contributed by atoms with van der Waals surface area (Å²) in [4.78, 5) is 14.0. The number of hydrogen-bond acceptors (Lipinski definition) is 3. The van der Waals surface area contributed by atoms with E-state index in [-0.39, 0.29) is 21.4 Å². The second-order valence-electron chi connectivity index (χ2n) is 4.97. The smallest absolute Gasteiger partial charge is 0.255 e. The molecule has 20 heavy (non-hydrogen) atoms. The van der Waals surface area contributed by atoms with Gasteiger partial charge in [0.15, 0.2) is 0 Å². The summed E-state index contributed by atoms with van der Waals surface area (Å²) in [6.07, 6.45) is 2.27. The van der Waals surface area contributed by atoms with Gasteiger partial charge in [-0.2, -0.15) is 0 Å². The van der Waals surface area contributed by atoms with E-state index in [4.69, 9.17) is 16.7 Å². The third kappa shape index (κ3) is 3.50.